The van der Waals surface area contributed by atoms with Crippen molar-refractivity contribution in [1.82, 2.24) is 4.57 Å². The maximum atomic E-state index is 14.2. The summed E-state index contributed by atoms with van der Waals surface area (Å²) in [5.41, 5.74) is 14.7. The van der Waals surface area contributed by atoms with Gasteiger partial charge in [-0.1, -0.05) is 129 Å². The fourth-order valence-electron chi connectivity index (χ4n) is 8.01. The molecule has 1 atom stereocenters. The molecule has 0 spiro atoms. The minimum absolute atomic E-state index is 0.0438. The average molecular weight is 620 g/mol. The second-order valence-corrected chi connectivity index (χ2v) is 13.5. The van der Waals surface area contributed by atoms with Crippen LogP contribution in [0.2, 0.25) is 0 Å². The van der Waals surface area contributed by atoms with Crippen LogP contribution in [0.15, 0.2) is 164 Å². The summed E-state index contributed by atoms with van der Waals surface area (Å²) in [5, 5.41) is 2.42. The summed E-state index contributed by atoms with van der Waals surface area (Å²) < 4.78 is 16.5. The predicted molar refractivity (Wildman–Crippen MR) is 198 cm³/mol. The van der Waals surface area contributed by atoms with E-state index in [1.54, 1.807) is 12.1 Å². The molecule has 48 heavy (non-hydrogen) atoms. The monoisotopic (exact) mass is 619 g/mol. The van der Waals surface area contributed by atoms with E-state index in [-0.39, 0.29) is 17.2 Å². The molecule has 0 radical (unpaired) electrons. The standard InChI is InChI=1S/C46H34FN/c1-46(2)41-14-8-6-12-37(41)38-26-22-33(29-42(38)46)30-16-18-31(19-17-30)45(32-20-24-35(47)25-21-32)34-23-27-44-40(28-34)39-13-7-9-15-43(39)48(44)36-10-4-3-5-11-36/h3-29,45H,1-2H3. The first-order chi connectivity index (χ1) is 23.5. The van der Waals surface area contributed by atoms with Crippen LogP contribution in [0.3, 0.4) is 0 Å². The first kappa shape index (κ1) is 28.5. The molecule has 7 aromatic carbocycles. The number of rotatable bonds is 5. The van der Waals surface area contributed by atoms with Gasteiger partial charge in [-0.05, 0) is 98.6 Å². The van der Waals surface area contributed by atoms with Crippen molar-refractivity contribution >= 4 is 21.8 Å². The van der Waals surface area contributed by atoms with Gasteiger partial charge in [0, 0.05) is 27.8 Å². The average Bonchev–Trinajstić information content (AvgIpc) is 3.58. The third-order valence-electron chi connectivity index (χ3n) is 10.4. The molecule has 0 amide bonds. The van der Waals surface area contributed by atoms with Crippen LogP contribution in [0, 0.1) is 5.82 Å². The van der Waals surface area contributed by atoms with E-state index in [4.69, 9.17) is 0 Å². The van der Waals surface area contributed by atoms with E-state index in [9.17, 15) is 4.39 Å². The van der Waals surface area contributed by atoms with E-state index < -0.39 is 0 Å². The molecule has 0 bridgehead atoms. The van der Waals surface area contributed by atoms with Gasteiger partial charge in [-0.15, -0.1) is 0 Å². The van der Waals surface area contributed by atoms with Crippen LogP contribution in [0.5, 0.6) is 0 Å². The fourth-order valence-corrected chi connectivity index (χ4v) is 8.01. The highest BCUT2D eigenvalue weighted by molar-refractivity contribution is 6.09. The summed E-state index contributed by atoms with van der Waals surface area (Å²) in [6, 6.07) is 57.6. The van der Waals surface area contributed by atoms with Crippen molar-refractivity contribution in [3.05, 3.63) is 197 Å². The first-order valence-electron chi connectivity index (χ1n) is 16.7. The second-order valence-electron chi connectivity index (χ2n) is 13.5. The van der Waals surface area contributed by atoms with E-state index in [0.717, 1.165) is 11.3 Å². The Hall–Kier alpha value is -5.73. The summed E-state index contributed by atoms with van der Waals surface area (Å²) in [6.45, 7) is 4.65. The van der Waals surface area contributed by atoms with Crippen LogP contribution in [-0.4, -0.2) is 4.57 Å². The summed E-state index contributed by atoms with van der Waals surface area (Å²) in [7, 11) is 0. The first-order valence-corrected chi connectivity index (χ1v) is 16.7. The molecule has 0 aliphatic heterocycles. The van der Waals surface area contributed by atoms with Crippen molar-refractivity contribution in [2.24, 2.45) is 0 Å². The number of para-hydroxylation sites is 2. The van der Waals surface area contributed by atoms with Gasteiger partial charge in [-0.25, -0.2) is 4.39 Å². The molecule has 1 aromatic heterocycles. The maximum Gasteiger partial charge on any atom is 0.123 e. The smallest absolute Gasteiger partial charge is 0.123 e. The summed E-state index contributed by atoms with van der Waals surface area (Å²) in [4.78, 5) is 0. The molecular weight excluding hydrogens is 586 g/mol. The normalized spacial score (nSPS) is 13.8. The summed E-state index contributed by atoms with van der Waals surface area (Å²) in [5.74, 6) is -0.285. The Labute approximate surface area is 280 Å². The third-order valence-corrected chi connectivity index (χ3v) is 10.4. The van der Waals surface area contributed by atoms with Crippen molar-refractivity contribution in [3.63, 3.8) is 0 Å². The zero-order chi connectivity index (χ0) is 32.4. The van der Waals surface area contributed by atoms with Crippen molar-refractivity contribution in [3.8, 4) is 27.9 Å². The summed E-state index contributed by atoms with van der Waals surface area (Å²) in [6.07, 6.45) is 0. The molecule has 1 aliphatic carbocycles. The van der Waals surface area contributed by atoms with Crippen LogP contribution in [0.25, 0.3) is 49.7 Å². The summed E-state index contributed by atoms with van der Waals surface area (Å²) >= 11 is 0. The zero-order valence-electron chi connectivity index (χ0n) is 27.0. The number of benzene rings is 7. The SMILES string of the molecule is CC1(C)c2ccccc2-c2ccc(-c3ccc(C(c4ccc(F)cc4)c4ccc5c(c4)c4ccccc4n5-c4ccccc4)cc3)cc21. The number of aromatic nitrogens is 1. The Kier molecular flexibility index (Phi) is 6.48. The van der Waals surface area contributed by atoms with Gasteiger partial charge in [-0.2, -0.15) is 0 Å². The second kappa shape index (κ2) is 10.9. The van der Waals surface area contributed by atoms with Crippen LogP contribution in [0.1, 0.15) is 47.6 Å². The van der Waals surface area contributed by atoms with Gasteiger partial charge in [0.15, 0.2) is 0 Å². The van der Waals surface area contributed by atoms with E-state index in [1.165, 1.54) is 66.3 Å². The maximum absolute atomic E-state index is 14.2. The number of fused-ring (bicyclic) bond motifs is 6. The van der Waals surface area contributed by atoms with Gasteiger partial charge < -0.3 is 4.57 Å². The van der Waals surface area contributed by atoms with Crippen LogP contribution in [-0.2, 0) is 5.41 Å². The topological polar surface area (TPSA) is 4.93 Å². The number of hydrogen-bond donors (Lipinski definition) is 0. The van der Waals surface area contributed by atoms with E-state index >= 15 is 0 Å². The van der Waals surface area contributed by atoms with Crippen molar-refractivity contribution in [2.45, 2.75) is 25.2 Å². The lowest BCUT2D eigenvalue weighted by atomic mass is 9.81. The number of halogens is 1. The molecule has 1 nitrogen and oxygen atoms in total. The van der Waals surface area contributed by atoms with Crippen molar-refractivity contribution in [2.75, 3.05) is 0 Å². The molecule has 0 N–H and O–H groups in total. The lowest BCUT2D eigenvalue weighted by Crippen LogP contribution is -2.14. The van der Waals surface area contributed by atoms with Crippen LogP contribution < -0.4 is 0 Å². The lowest BCUT2D eigenvalue weighted by Gasteiger charge is -2.22. The minimum Gasteiger partial charge on any atom is -0.309 e. The quantitative estimate of drug-likeness (QED) is 0.169. The minimum atomic E-state index is -0.226. The van der Waals surface area contributed by atoms with Gasteiger partial charge in [-0.3, -0.25) is 0 Å². The Morgan fingerprint density at radius 3 is 1.88 bits per heavy atom. The van der Waals surface area contributed by atoms with Gasteiger partial charge in [0.05, 0.1) is 11.0 Å². The van der Waals surface area contributed by atoms with Gasteiger partial charge in [0.1, 0.15) is 5.82 Å². The van der Waals surface area contributed by atoms with Gasteiger partial charge in [0.2, 0.25) is 0 Å². The molecule has 0 saturated heterocycles. The molecule has 1 heterocycles. The fraction of sp³-hybridized carbons (Fsp3) is 0.0870. The van der Waals surface area contributed by atoms with Crippen LogP contribution >= 0.6 is 0 Å². The Bertz CT molecular complexity index is 2470. The molecule has 8 aromatic rings. The third kappa shape index (κ3) is 4.44. The molecule has 9 rings (SSSR count). The Morgan fingerprint density at radius 1 is 0.479 bits per heavy atom. The Morgan fingerprint density at radius 2 is 1.08 bits per heavy atom. The molecule has 0 saturated carbocycles. The molecule has 0 fully saturated rings. The van der Waals surface area contributed by atoms with Gasteiger partial charge in [0.25, 0.3) is 0 Å². The molecule has 1 aliphatic rings. The molecule has 1 unspecified atom stereocenters. The highest BCUT2D eigenvalue weighted by Crippen LogP contribution is 2.49. The van der Waals surface area contributed by atoms with E-state index in [0.29, 0.717) is 0 Å². The zero-order valence-corrected chi connectivity index (χ0v) is 27.0. The predicted octanol–water partition coefficient (Wildman–Crippen LogP) is 12.1. The highest BCUT2D eigenvalue weighted by atomic mass is 19.1. The Balaban J connectivity index is 1.15. The van der Waals surface area contributed by atoms with E-state index in [1.807, 2.05) is 12.1 Å². The van der Waals surface area contributed by atoms with E-state index in [2.05, 4.69) is 158 Å². The number of hydrogen-bond acceptors (Lipinski definition) is 0. The highest BCUT2D eigenvalue weighted by Gasteiger charge is 2.35. The van der Waals surface area contributed by atoms with Crippen molar-refractivity contribution in [1.29, 1.82) is 0 Å². The molecule has 230 valence electrons. The largest absolute Gasteiger partial charge is 0.309 e. The van der Waals surface area contributed by atoms with Crippen LogP contribution in [0.4, 0.5) is 4.39 Å². The lowest BCUT2D eigenvalue weighted by molar-refractivity contribution is 0.627. The molecular formula is C46H34FN. The van der Waals surface area contributed by atoms with Crippen molar-refractivity contribution < 1.29 is 4.39 Å². The van der Waals surface area contributed by atoms with Gasteiger partial charge >= 0.3 is 0 Å². The molecule has 2 heteroatoms. The number of nitrogens with zero attached hydrogens (tertiary/aromatic N) is 1.